The van der Waals surface area contributed by atoms with Crippen LogP contribution < -0.4 is 10.2 Å². The predicted molar refractivity (Wildman–Crippen MR) is 108 cm³/mol. The zero-order valence-corrected chi connectivity index (χ0v) is 16.1. The lowest BCUT2D eigenvalue weighted by Gasteiger charge is -2.18. The number of nitrogens with zero attached hydrogens (tertiary/aromatic N) is 4. The Kier molecular flexibility index (Phi) is 5.38. The molecule has 1 aliphatic rings. The standard InChI is InChI=1S/C20H19N5O2S/c1-25-13-21-24-20(25)28-12-14-6-8-15(9-7-14)19(26)23-22-17-10-11-27-18-5-3-2-4-16(17)18/h2-9,13H,10-12H2,1H3,(H,23,26)/b22-17-. The summed E-state index contributed by atoms with van der Waals surface area (Å²) in [5, 5.41) is 13.1. The summed E-state index contributed by atoms with van der Waals surface area (Å²) in [5.41, 5.74) is 6.08. The van der Waals surface area contributed by atoms with E-state index in [2.05, 4.69) is 20.7 Å². The van der Waals surface area contributed by atoms with E-state index in [4.69, 9.17) is 4.74 Å². The molecule has 0 bridgehead atoms. The average Bonchev–Trinajstić information content (AvgIpc) is 3.15. The fraction of sp³-hybridized carbons (Fsp3) is 0.200. The molecule has 4 rings (SSSR count). The molecule has 0 saturated carbocycles. The number of fused-ring (bicyclic) bond motifs is 1. The van der Waals surface area contributed by atoms with E-state index < -0.39 is 0 Å². The second-order valence-electron chi connectivity index (χ2n) is 6.30. The number of benzene rings is 2. The predicted octanol–water partition coefficient (Wildman–Crippen LogP) is 3.02. The number of carbonyl (C=O) groups is 1. The van der Waals surface area contributed by atoms with Crippen molar-refractivity contribution in [1.82, 2.24) is 20.2 Å². The van der Waals surface area contributed by atoms with E-state index in [9.17, 15) is 4.79 Å². The van der Waals surface area contributed by atoms with Gasteiger partial charge in [0.2, 0.25) is 0 Å². The third-order valence-corrected chi connectivity index (χ3v) is 5.45. The number of ether oxygens (including phenoxy) is 1. The summed E-state index contributed by atoms with van der Waals surface area (Å²) in [5.74, 6) is 1.32. The van der Waals surface area contributed by atoms with Crippen LogP contribution in [0.3, 0.4) is 0 Å². The summed E-state index contributed by atoms with van der Waals surface area (Å²) in [6.45, 7) is 0.559. The van der Waals surface area contributed by atoms with Crippen LogP contribution in [0.5, 0.6) is 5.75 Å². The maximum atomic E-state index is 12.4. The molecule has 28 heavy (non-hydrogen) atoms. The van der Waals surface area contributed by atoms with E-state index in [1.807, 2.05) is 48.0 Å². The monoisotopic (exact) mass is 393 g/mol. The molecule has 2 heterocycles. The smallest absolute Gasteiger partial charge is 0.271 e. The van der Waals surface area contributed by atoms with Gasteiger partial charge in [-0.05, 0) is 29.8 Å². The van der Waals surface area contributed by atoms with Crippen molar-refractivity contribution in [2.75, 3.05) is 6.61 Å². The van der Waals surface area contributed by atoms with Crippen LogP contribution in [0.25, 0.3) is 0 Å². The number of hydrogen-bond donors (Lipinski definition) is 1. The highest BCUT2D eigenvalue weighted by atomic mass is 32.2. The normalized spacial score (nSPS) is 14.4. The van der Waals surface area contributed by atoms with Gasteiger partial charge in [-0.1, -0.05) is 36.0 Å². The Bertz CT molecular complexity index is 1010. The van der Waals surface area contributed by atoms with Crippen LogP contribution in [0.15, 0.2) is 65.1 Å². The minimum Gasteiger partial charge on any atom is -0.492 e. The van der Waals surface area contributed by atoms with Crippen LogP contribution in [0, 0.1) is 0 Å². The summed E-state index contributed by atoms with van der Waals surface area (Å²) in [6.07, 6.45) is 2.34. The van der Waals surface area contributed by atoms with E-state index >= 15 is 0 Å². The highest BCUT2D eigenvalue weighted by molar-refractivity contribution is 7.98. The zero-order chi connectivity index (χ0) is 19.3. The SMILES string of the molecule is Cn1cnnc1SCc1ccc(C(=O)N/N=C2/CCOc3ccccc32)cc1. The van der Waals surface area contributed by atoms with E-state index in [0.717, 1.165) is 33.5 Å². The molecule has 0 atom stereocenters. The summed E-state index contributed by atoms with van der Waals surface area (Å²) >= 11 is 1.60. The fourth-order valence-electron chi connectivity index (χ4n) is 2.83. The molecule has 8 heteroatoms. The van der Waals surface area contributed by atoms with Gasteiger partial charge in [0.1, 0.15) is 12.1 Å². The summed E-state index contributed by atoms with van der Waals surface area (Å²) < 4.78 is 7.49. The number of hydrazone groups is 1. The Morgan fingerprint density at radius 1 is 1.25 bits per heavy atom. The number of rotatable bonds is 5. The topological polar surface area (TPSA) is 81.4 Å². The number of amides is 1. The molecule has 3 aromatic rings. The van der Waals surface area contributed by atoms with Crippen molar-refractivity contribution < 1.29 is 9.53 Å². The third-order valence-electron chi connectivity index (χ3n) is 4.34. The van der Waals surface area contributed by atoms with Crippen LogP contribution in [-0.4, -0.2) is 33.0 Å². The lowest BCUT2D eigenvalue weighted by Crippen LogP contribution is -2.23. The highest BCUT2D eigenvalue weighted by Crippen LogP contribution is 2.24. The molecule has 0 aliphatic carbocycles. The van der Waals surface area contributed by atoms with E-state index in [1.54, 1.807) is 30.2 Å². The Morgan fingerprint density at radius 3 is 2.86 bits per heavy atom. The Morgan fingerprint density at radius 2 is 2.07 bits per heavy atom. The van der Waals surface area contributed by atoms with Crippen molar-refractivity contribution in [2.45, 2.75) is 17.3 Å². The number of para-hydroxylation sites is 1. The number of nitrogens with one attached hydrogen (secondary N) is 1. The van der Waals surface area contributed by atoms with Crippen LogP contribution in [0.2, 0.25) is 0 Å². The Labute approximate surface area is 166 Å². The molecule has 2 aromatic carbocycles. The maximum Gasteiger partial charge on any atom is 0.271 e. The second-order valence-corrected chi connectivity index (χ2v) is 7.25. The van der Waals surface area contributed by atoms with Gasteiger partial charge in [-0.2, -0.15) is 5.10 Å². The van der Waals surface area contributed by atoms with Gasteiger partial charge in [0.05, 0.1) is 12.3 Å². The van der Waals surface area contributed by atoms with Crippen molar-refractivity contribution in [3.63, 3.8) is 0 Å². The van der Waals surface area contributed by atoms with Crippen LogP contribution in [0.1, 0.15) is 27.9 Å². The molecule has 7 nitrogen and oxygen atoms in total. The number of carbonyl (C=O) groups excluding carboxylic acids is 1. The highest BCUT2D eigenvalue weighted by Gasteiger charge is 2.16. The van der Waals surface area contributed by atoms with E-state index in [1.165, 1.54) is 0 Å². The third kappa shape index (κ3) is 4.07. The van der Waals surface area contributed by atoms with Gasteiger partial charge in [0.25, 0.3) is 5.91 Å². The van der Waals surface area contributed by atoms with E-state index in [0.29, 0.717) is 18.6 Å². The van der Waals surface area contributed by atoms with Crippen molar-refractivity contribution >= 4 is 23.4 Å². The van der Waals surface area contributed by atoms with Gasteiger partial charge < -0.3 is 9.30 Å². The molecular weight excluding hydrogens is 374 g/mol. The lowest BCUT2D eigenvalue weighted by atomic mass is 10.0. The molecule has 1 amide bonds. The molecule has 0 spiro atoms. The molecule has 0 saturated heterocycles. The zero-order valence-electron chi connectivity index (χ0n) is 15.3. The molecule has 1 N–H and O–H groups in total. The summed E-state index contributed by atoms with van der Waals surface area (Å²) in [4.78, 5) is 12.4. The Hall–Kier alpha value is -3.13. The first-order chi connectivity index (χ1) is 13.7. The van der Waals surface area contributed by atoms with Gasteiger partial charge in [-0.15, -0.1) is 10.2 Å². The number of aryl methyl sites for hydroxylation is 1. The van der Waals surface area contributed by atoms with Crippen LogP contribution in [0.4, 0.5) is 0 Å². The molecule has 1 aliphatic heterocycles. The molecule has 0 radical (unpaired) electrons. The maximum absolute atomic E-state index is 12.4. The van der Waals surface area contributed by atoms with Crippen molar-refractivity contribution in [2.24, 2.45) is 12.1 Å². The molecule has 142 valence electrons. The van der Waals surface area contributed by atoms with Gasteiger partial charge in [-0.25, -0.2) is 5.43 Å². The van der Waals surface area contributed by atoms with Crippen molar-refractivity contribution in [1.29, 1.82) is 0 Å². The molecule has 0 unspecified atom stereocenters. The van der Waals surface area contributed by atoms with Crippen molar-refractivity contribution in [3.8, 4) is 5.75 Å². The minimum atomic E-state index is -0.232. The first-order valence-corrected chi connectivity index (χ1v) is 9.84. The first kappa shape index (κ1) is 18.2. The largest absolute Gasteiger partial charge is 0.492 e. The fourth-order valence-corrected chi connectivity index (χ4v) is 3.67. The number of aromatic nitrogens is 3. The van der Waals surface area contributed by atoms with Gasteiger partial charge in [-0.3, -0.25) is 4.79 Å². The molecule has 1 aromatic heterocycles. The lowest BCUT2D eigenvalue weighted by molar-refractivity contribution is 0.0954. The summed E-state index contributed by atoms with van der Waals surface area (Å²) in [7, 11) is 1.91. The quantitative estimate of drug-likeness (QED) is 0.532. The second kappa shape index (κ2) is 8.26. The first-order valence-electron chi connectivity index (χ1n) is 8.85. The average molecular weight is 393 g/mol. The minimum absolute atomic E-state index is 0.232. The molecule has 0 fully saturated rings. The number of thioether (sulfide) groups is 1. The Balaban J connectivity index is 1.38. The van der Waals surface area contributed by atoms with Gasteiger partial charge in [0.15, 0.2) is 5.16 Å². The van der Waals surface area contributed by atoms with Gasteiger partial charge >= 0.3 is 0 Å². The summed E-state index contributed by atoms with van der Waals surface area (Å²) in [6, 6.07) is 15.2. The van der Waals surface area contributed by atoms with Gasteiger partial charge in [0, 0.05) is 30.3 Å². The number of hydrogen-bond acceptors (Lipinski definition) is 6. The molecular formula is C20H19N5O2S. The van der Waals surface area contributed by atoms with Crippen molar-refractivity contribution in [3.05, 3.63) is 71.5 Å². The van der Waals surface area contributed by atoms with E-state index in [-0.39, 0.29) is 5.91 Å². The van der Waals surface area contributed by atoms with Crippen LogP contribution >= 0.6 is 11.8 Å². The van der Waals surface area contributed by atoms with Crippen LogP contribution in [-0.2, 0) is 12.8 Å².